The van der Waals surface area contributed by atoms with Gasteiger partial charge >= 0.3 is 6.03 Å². The van der Waals surface area contributed by atoms with E-state index < -0.39 is 0 Å². The number of nitrogens with one attached hydrogen (secondary N) is 2. The number of ether oxygens (including phenoxy) is 1. The molecule has 3 N–H and O–H groups in total. The summed E-state index contributed by atoms with van der Waals surface area (Å²) < 4.78 is 20.6. The van der Waals surface area contributed by atoms with Crippen LogP contribution in [0.15, 0.2) is 54.6 Å². The van der Waals surface area contributed by atoms with Crippen LogP contribution in [0.5, 0.6) is 0 Å². The number of urea groups is 1. The Hall–Kier alpha value is -3.27. The highest BCUT2D eigenvalue weighted by molar-refractivity contribution is 5.90. The van der Waals surface area contributed by atoms with Crippen LogP contribution in [0.4, 0.5) is 15.0 Å². The molecule has 0 spiro atoms. The molecule has 8 nitrogen and oxygen atoms in total. The third kappa shape index (κ3) is 5.53. The van der Waals surface area contributed by atoms with Gasteiger partial charge in [-0.3, -0.25) is 10.2 Å². The van der Waals surface area contributed by atoms with Crippen molar-refractivity contribution in [2.24, 2.45) is 0 Å². The quantitative estimate of drug-likeness (QED) is 0.432. The topological polar surface area (TPSA) is 91.7 Å². The van der Waals surface area contributed by atoms with Crippen molar-refractivity contribution in [3.05, 3.63) is 77.2 Å². The largest absolute Gasteiger partial charge is 0.393 e. The highest BCUT2D eigenvalue weighted by atomic mass is 19.1. The molecule has 9 heteroatoms. The number of hydrogen-bond donors (Lipinski definition) is 3. The lowest BCUT2D eigenvalue weighted by Gasteiger charge is -2.30. The summed E-state index contributed by atoms with van der Waals surface area (Å²) in [6, 6.07) is 15.7. The van der Waals surface area contributed by atoms with E-state index in [2.05, 4.69) is 15.5 Å². The van der Waals surface area contributed by atoms with Crippen molar-refractivity contribution >= 4 is 11.8 Å². The Kier molecular flexibility index (Phi) is 7.55. The van der Waals surface area contributed by atoms with Crippen LogP contribution in [0, 0.1) is 12.7 Å². The highest BCUT2D eigenvalue weighted by Crippen LogP contribution is 2.40. The summed E-state index contributed by atoms with van der Waals surface area (Å²) in [5, 5.41) is 20.9. The van der Waals surface area contributed by atoms with E-state index in [0.29, 0.717) is 31.8 Å². The van der Waals surface area contributed by atoms with Gasteiger partial charge in [-0.15, -0.1) is 0 Å². The van der Waals surface area contributed by atoms with Crippen LogP contribution in [0.3, 0.4) is 0 Å². The highest BCUT2D eigenvalue weighted by Gasteiger charge is 2.36. The Morgan fingerprint density at radius 3 is 2.54 bits per heavy atom. The molecule has 37 heavy (non-hydrogen) atoms. The fourth-order valence-electron chi connectivity index (χ4n) is 5.41. The molecule has 2 aliphatic rings. The molecule has 1 aromatic heterocycles. The number of halogens is 1. The fourth-order valence-corrected chi connectivity index (χ4v) is 5.41. The second kappa shape index (κ2) is 11.0. The molecule has 0 unspecified atom stereocenters. The Bertz CT molecular complexity index is 1210. The van der Waals surface area contributed by atoms with Crippen LogP contribution in [-0.2, 0) is 4.74 Å². The standard InChI is InChI=1S/C28H34FN5O3/c1-18-26(20-14-23(35)15-20)32-34(22-6-4-3-5-7-22)27(18)31-28(36)30-25-17-33(12-13-37-2)16-24(25)19-8-10-21(29)11-9-19/h3-11,20,23-25,35H,12-17H2,1-2H3,(H2,30,31,36)/t20-,23+,24-,25+/m0/s1. The van der Waals surface area contributed by atoms with Crippen molar-refractivity contribution in [3.63, 3.8) is 0 Å². The number of amides is 2. The lowest BCUT2D eigenvalue weighted by atomic mass is 9.79. The van der Waals surface area contributed by atoms with Gasteiger partial charge in [0.25, 0.3) is 0 Å². The van der Waals surface area contributed by atoms with Gasteiger partial charge in [-0.2, -0.15) is 5.10 Å². The summed E-state index contributed by atoms with van der Waals surface area (Å²) in [6.07, 6.45) is 1.06. The second-order valence-corrected chi connectivity index (χ2v) is 10.0. The molecule has 3 aromatic rings. The van der Waals surface area contributed by atoms with Gasteiger partial charge in [0.1, 0.15) is 11.6 Å². The molecule has 5 rings (SSSR count). The van der Waals surface area contributed by atoms with Crippen molar-refractivity contribution in [2.45, 2.75) is 43.7 Å². The average Bonchev–Trinajstić information content (AvgIpc) is 3.42. The molecule has 0 radical (unpaired) electrons. The minimum absolute atomic E-state index is 0.0235. The molecule has 196 valence electrons. The Balaban J connectivity index is 1.37. The molecular formula is C28H34FN5O3. The number of methoxy groups -OCH3 is 1. The van der Waals surface area contributed by atoms with Crippen molar-refractivity contribution in [1.82, 2.24) is 20.0 Å². The predicted octanol–water partition coefficient (Wildman–Crippen LogP) is 3.79. The number of aliphatic hydroxyl groups excluding tert-OH is 1. The molecular weight excluding hydrogens is 473 g/mol. The van der Waals surface area contributed by atoms with Crippen LogP contribution in [0.2, 0.25) is 0 Å². The predicted molar refractivity (Wildman–Crippen MR) is 140 cm³/mol. The van der Waals surface area contributed by atoms with Gasteiger partial charge in [0, 0.05) is 44.1 Å². The number of anilines is 1. The molecule has 2 fully saturated rings. The normalized spacial score (nSPS) is 23.6. The maximum atomic E-state index is 13.6. The van der Waals surface area contributed by atoms with Gasteiger partial charge in [-0.25, -0.2) is 13.9 Å². The third-order valence-corrected chi connectivity index (χ3v) is 7.51. The summed E-state index contributed by atoms with van der Waals surface area (Å²) in [5.41, 5.74) is 3.64. The number of hydrogen-bond acceptors (Lipinski definition) is 5. The van der Waals surface area contributed by atoms with Gasteiger partial charge in [-0.05, 0) is 49.6 Å². The van der Waals surface area contributed by atoms with Crippen molar-refractivity contribution < 1.29 is 19.0 Å². The first-order valence-electron chi connectivity index (χ1n) is 12.8. The van der Waals surface area contributed by atoms with Crippen LogP contribution in [0.1, 0.15) is 41.5 Å². The smallest absolute Gasteiger partial charge is 0.320 e. The van der Waals surface area contributed by atoms with E-state index in [1.54, 1.807) is 23.9 Å². The Morgan fingerprint density at radius 2 is 1.86 bits per heavy atom. The molecule has 1 aliphatic heterocycles. The maximum absolute atomic E-state index is 13.6. The van der Waals surface area contributed by atoms with Crippen molar-refractivity contribution in [1.29, 1.82) is 0 Å². The Morgan fingerprint density at radius 1 is 1.14 bits per heavy atom. The summed E-state index contributed by atoms with van der Waals surface area (Å²) in [4.78, 5) is 15.6. The average molecular weight is 508 g/mol. The zero-order valence-electron chi connectivity index (χ0n) is 21.2. The van der Waals surface area contributed by atoms with Crippen LogP contribution < -0.4 is 10.6 Å². The number of rotatable bonds is 8. The lowest BCUT2D eigenvalue weighted by Crippen LogP contribution is -2.42. The summed E-state index contributed by atoms with van der Waals surface area (Å²) in [6.45, 7) is 4.73. The summed E-state index contributed by atoms with van der Waals surface area (Å²) in [7, 11) is 1.67. The molecule has 2 atom stereocenters. The van der Waals surface area contributed by atoms with Gasteiger partial charge < -0.3 is 15.2 Å². The lowest BCUT2D eigenvalue weighted by molar-refractivity contribution is 0.0729. The van der Waals surface area contributed by atoms with Crippen LogP contribution in [-0.4, -0.2) is 71.3 Å². The van der Waals surface area contributed by atoms with E-state index >= 15 is 0 Å². The molecule has 1 aliphatic carbocycles. The van der Waals surface area contributed by atoms with Gasteiger partial charge in [0.15, 0.2) is 0 Å². The van der Waals surface area contributed by atoms with Crippen LogP contribution >= 0.6 is 0 Å². The number of benzene rings is 2. The van der Waals surface area contributed by atoms with Crippen molar-refractivity contribution in [2.75, 3.05) is 38.7 Å². The maximum Gasteiger partial charge on any atom is 0.320 e. The molecule has 1 saturated carbocycles. The van der Waals surface area contributed by atoms with Crippen LogP contribution in [0.25, 0.3) is 5.69 Å². The molecule has 0 bridgehead atoms. The first-order valence-corrected chi connectivity index (χ1v) is 12.8. The number of carbonyl (C=O) groups excluding carboxylic acids is 1. The zero-order chi connectivity index (χ0) is 25.9. The van der Waals surface area contributed by atoms with Gasteiger partial charge in [0.2, 0.25) is 0 Å². The fraction of sp³-hybridized carbons (Fsp3) is 0.429. The van der Waals surface area contributed by atoms with E-state index in [1.807, 2.05) is 37.3 Å². The SMILES string of the molecule is COCCN1C[C@@H](NC(=O)Nc2c(C)c([C@H]3C[C@@H](O)C3)nn2-c2ccccc2)[C@H](c2ccc(F)cc2)C1. The zero-order valence-corrected chi connectivity index (χ0v) is 21.2. The van der Waals surface area contributed by atoms with E-state index in [0.717, 1.165) is 35.6 Å². The van der Waals surface area contributed by atoms with E-state index in [1.165, 1.54) is 12.1 Å². The third-order valence-electron chi connectivity index (χ3n) is 7.51. The molecule has 2 amide bonds. The molecule has 1 saturated heterocycles. The van der Waals surface area contributed by atoms with E-state index in [9.17, 15) is 14.3 Å². The number of para-hydroxylation sites is 1. The number of carbonyl (C=O) groups is 1. The second-order valence-electron chi connectivity index (χ2n) is 10.0. The number of nitrogens with zero attached hydrogens (tertiary/aromatic N) is 3. The number of likely N-dealkylation sites (tertiary alicyclic amines) is 1. The number of aromatic nitrogens is 2. The van der Waals surface area contributed by atoms with Crippen molar-refractivity contribution in [3.8, 4) is 5.69 Å². The first kappa shape index (κ1) is 25.4. The van der Waals surface area contributed by atoms with Gasteiger partial charge in [-0.1, -0.05) is 30.3 Å². The minimum Gasteiger partial charge on any atom is -0.393 e. The first-order chi connectivity index (χ1) is 17.9. The monoisotopic (exact) mass is 507 g/mol. The van der Waals surface area contributed by atoms with Gasteiger partial charge in [0.05, 0.1) is 30.1 Å². The van der Waals surface area contributed by atoms with E-state index in [4.69, 9.17) is 9.84 Å². The molecule has 2 heterocycles. The summed E-state index contributed by atoms with van der Waals surface area (Å²) in [5.74, 6) is 0.540. The minimum atomic E-state index is -0.314. The van der Waals surface area contributed by atoms with E-state index in [-0.39, 0.29) is 35.8 Å². The Labute approximate surface area is 216 Å². The number of aliphatic hydroxyl groups is 1. The summed E-state index contributed by atoms with van der Waals surface area (Å²) >= 11 is 0. The molecule has 2 aromatic carbocycles.